The standard InChI is InChI=1S/C7H10N2O2/c1-5-8-4-7(11-5)9(3)6(2)10/h4H,1-3H3. The first-order chi connectivity index (χ1) is 5.11. The molecular formula is C7H10N2O2. The Labute approximate surface area is 64.8 Å². The Hall–Kier alpha value is -1.32. The number of aryl methyl sites for hydroxylation is 1. The lowest BCUT2D eigenvalue weighted by Gasteiger charge is -2.08. The second-order valence-electron chi connectivity index (χ2n) is 2.30. The fourth-order valence-corrected chi connectivity index (χ4v) is 0.660. The Morgan fingerprint density at radius 3 is 2.73 bits per heavy atom. The van der Waals surface area contributed by atoms with Gasteiger partial charge in [0, 0.05) is 20.9 Å². The minimum absolute atomic E-state index is 0.0684. The number of anilines is 1. The quantitative estimate of drug-likeness (QED) is 0.605. The summed E-state index contributed by atoms with van der Waals surface area (Å²) in [6, 6.07) is 0. The molecule has 1 amide bonds. The third kappa shape index (κ3) is 1.58. The maximum atomic E-state index is 10.8. The number of aromatic nitrogens is 1. The van der Waals surface area contributed by atoms with Crippen LogP contribution < -0.4 is 4.90 Å². The van der Waals surface area contributed by atoms with Gasteiger partial charge in [-0.2, -0.15) is 0 Å². The molecule has 4 heteroatoms. The van der Waals surface area contributed by atoms with Crippen molar-refractivity contribution < 1.29 is 9.21 Å². The third-order valence-corrected chi connectivity index (χ3v) is 1.41. The summed E-state index contributed by atoms with van der Waals surface area (Å²) >= 11 is 0. The monoisotopic (exact) mass is 154 g/mol. The van der Waals surface area contributed by atoms with Crippen molar-refractivity contribution in [3.63, 3.8) is 0 Å². The Morgan fingerprint density at radius 1 is 1.73 bits per heavy atom. The fourth-order valence-electron chi connectivity index (χ4n) is 0.660. The Morgan fingerprint density at radius 2 is 2.36 bits per heavy atom. The van der Waals surface area contributed by atoms with Crippen molar-refractivity contribution in [2.75, 3.05) is 11.9 Å². The summed E-state index contributed by atoms with van der Waals surface area (Å²) in [4.78, 5) is 16.1. The van der Waals surface area contributed by atoms with Gasteiger partial charge in [-0.3, -0.25) is 9.69 Å². The summed E-state index contributed by atoms with van der Waals surface area (Å²) in [7, 11) is 1.64. The number of carbonyl (C=O) groups is 1. The molecule has 1 rings (SSSR count). The predicted molar refractivity (Wildman–Crippen MR) is 40.3 cm³/mol. The van der Waals surface area contributed by atoms with Crippen LogP contribution >= 0.6 is 0 Å². The van der Waals surface area contributed by atoms with Gasteiger partial charge in [-0.1, -0.05) is 0 Å². The number of amides is 1. The minimum atomic E-state index is -0.0684. The van der Waals surface area contributed by atoms with Crippen molar-refractivity contribution in [3.8, 4) is 0 Å². The molecule has 0 fully saturated rings. The second kappa shape index (κ2) is 2.74. The summed E-state index contributed by atoms with van der Waals surface area (Å²) in [6.07, 6.45) is 1.52. The van der Waals surface area contributed by atoms with Gasteiger partial charge in [0.05, 0.1) is 6.20 Å². The van der Waals surface area contributed by atoms with Crippen molar-refractivity contribution in [1.29, 1.82) is 0 Å². The molecule has 0 unspecified atom stereocenters. The summed E-state index contributed by atoms with van der Waals surface area (Å²) in [6.45, 7) is 3.20. The zero-order chi connectivity index (χ0) is 8.43. The van der Waals surface area contributed by atoms with E-state index in [-0.39, 0.29) is 5.91 Å². The average molecular weight is 154 g/mol. The van der Waals surface area contributed by atoms with E-state index in [9.17, 15) is 4.79 Å². The van der Waals surface area contributed by atoms with Gasteiger partial charge in [0.2, 0.25) is 11.8 Å². The summed E-state index contributed by atoms with van der Waals surface area (Å²) < 4.78 is 5.10. The van der Waals surface area contributed by atoms with Crippen LogP contribution in [0.15, 0.2) is 10.6 Å². The molecule has 0 saturated carbocycles. The maximum Gasteiger partial charge on any atom is 0.225 e. The molecule has 1 aromatic heterocycles. The van der Waals surface area contributed by atoms with Gasteiger partial charge in [0.25, 0.3) is 0 Å². The van der Waals surface area contributed by atoms with Crippen LogP contribution in [-0.2, 0) is 4.79 Å². The number of nitrogens with zero attached hydrogens (tertiary/aromatic N) is 2. The molecular weight excluding hydrogens is 144 g/mol. The third-order valence-electron chi connectivity index (χ3n) is 1.41. The Balaban J connectivity index is 2.84. The normalized spacial score (nSPS) is 9.73. The average Bonchev–Trinajstić information content (AvgIpc) is 2.34. The van der Waals surface area contributed by atoms with Gasteiger partial charge < -0.3 is 4.42 Å². The molecule has 0 saturated heterocycles. The van der Waals surface area contributed by atoms with Gasteiger partial charge in [0.1, 0.15) is 0 Å². The van der Waals surface area contributed by atoms with E-state index in [1.165, 1.54) is 18.0 Å². The van der Waals surface area contributed by atoms with Crippen molar-refractivity contribution >= 4 is 11.8 Å². The Bertz CT molecular complexity index is 267. The van der Waals surface area contributed by atoms with Crippen LogP contribution in [0.2, 0.25) is 0 Å². The number of rotatable bonds is 1. The summed E-state index contributed by atoms with van der Waals surface area (Å²) in [5, 5.41) is 0. The lowest BCUT2D eigenvalue weighted by atomic mass is 10.6. The second-order valence-corrected chi connectivity index (χ2v) is 2.30. The highest BCUT2D eigenvalue weighted by atomic mass is 16.4. The minimum Gasteiger partial charge on any atom is -0.425 e. The summed E-state index contributed by atoms with van der Waals surface area (Å²) in [5.41, 5.74) is 0. The smallest absolute Gasteiger partial charge is 0.225 e. The van der Waals surface area contributed by atoms with E-state index in [0.29, 0.717) is 11.8 Å². The number of hydrogen-bond acceptors (Lipinski definition) is 3. The van der Waals surface area contributed by atoms with E-state index in [2.05, 4.69) is 4.98 Å². The molecule has 1 aromatic rings. The molecule has 0 bridgehead atoms. The van der Waals surface area contributed by atoms with Crippen LogP contribution in [0.3, 0.4) is 0 Å². The molecule has 0 aliphatic carbocycles. The van der Waals surface area contributed by atoms with E-state index >= 15 is 0 Å². The SMILES string of the molecule is CC(=O)N(C)c1cnc(C)o1. The molecule has 60 valence electrons. The van der Waals surface area contributed by atoms with E-state index < -0.39 is 0 Å². The molecule has 11 heavy (non-hydrogen) atoms. The molecule has 0 aliphatic rings. The van der Waals surface area contributed by atoms with E-state index in [4.69, 9.17) is 4.42 Å². The largest absolute Gasteiger partial charge is 0.425 e. The first-order valence-corrected chi connectivity index (χ1v) is 3.28. The van der Waals surface area contributed by atoms with Crippen LogP contribution in [0.25, 0.3) is 0 Å². The molecule has 0 aromatic carbocycles. The number of hydrogen-bond donors (Lipinski definition) is 0. The molecule has 0 radical (unpaired) electrons. The van der Waals surface area contributed by atoms with E-state index in [0.717, 1.165) is 0 Å². The predicted octanol–water partition coefficient (Wildman–Crippen LogP) is 0.966. The van der Waals surface area contributed by atoms with Crippen LogP contribution in [0.5, 0.6) is 0 Å². The van der Waals surface area contributed by atoms with Gasteiger partial charge in [0.15, 0.2) is 5.89 Å². The van der Waals surface area contributed by atoms with Crippen LogP contribution in [-0.4, -0.2) is 17.9 Å². The van der Waals surface area contributed by atoms with Gasteiger partial charge in [-0.05, 0) is 0 Å². The zero-order valence-corrected chi connectivity index (χ0v) is 6.79. The number of oxazole rings is 1. The molecule has 0 atom stereocenters. The lowest BCUT2D eigenvalue weighted by Crippen LogP contribution is -2.22. The maximum absolute atomic E-state index is 10.8. The topological polar surface area (TPSA) is 46.3 Å². The Kier molecular flexibility index (Phi) is 1.94. The fraction of sp³-hybridized carbons (Fsp3) is 0.429. The van der Waals surface area contributed by atoms with Crippen LogP contribution in [0.4, 0.5) is 5.88 Å². The highest BCUT2D eigenvalue weighted by Gasteiger charge is 2.08. The summed E-state index contributed by atoms with van der Waals surface area (Å²) in [5.74, 6) is 0.976. The van der Waals surface area contributed by atoms with Gasteiger partial charge >= 0.3 is 0 Å². The molecule has 0 aliphatic heterocycles. The number of carbonyl (C=O) groups excluding carboxylic acids is 1. The molecule has 0 spiro atoms. The highest BCUT2D eigenvalue weighted by Crippen LogP contribution is 2.12. The molecule has 4 nitrogen and oxygen atoms in total. The van der Waals surface area contributed by atoms with Crippen LogP contribution in [0, 0.1) is 6.92 Å². The first-order valence-electron chi connectivity index (χ1n) is 3.28. The van der Waals surface area contributed by atoms with Crippen molar-refractivity contribution in [3.05, 3.63) is 12.1 Å². The van der Waals surface area contributed by atoms with Crippen LogP contribution in [0.1, 0.15) is 12.8 Å². The van der Waals surface area contributed by atoms with E-state index in [1.807, 2.05) is 0 Å². The van der Waals surface area contributed by atoms with Crippen molar-refractivity contribution in [2.45, 2.75) is 13.8 Å². The highest BCUT2D eigenvalue weighted by molar-refractivity contribution is 5.89. The first kappa shape index (κ1) is 7.78. The van der Waals surface area contributed by atoms with Gasteiger partial charge in [-0.15, -0.1) is 0 Å². The van der Waals surface area contributed by atoms with Crippen molar-refractivity contribution in [2.24, 2.45) is 0 Å². The molecule has 1 heterocycles. The van der Waals surface area contributed by atoms with E-state index in [1.54, 1.807) is 14.0 Å². The molecule has 0 N–H and O–H groups in total. The van der Waals surface area contributed by atoms with Gasteiger partial charge in [-0.25, -0.2) is 4.98 Å². The lowest BCUT2D eigenvalue weighted by molar-refractivity contribution is -0.116. The van der Waals surface area contributed by atoms with Crippen molar-refractivity contribution in [1.82, 2.24) is 4.98 Å². The zero-order valence-electron chi connectivity index (χ0n) is 6.79.